The van der Waals surface area contributed by atoms with Crippen LogP contribution < -0.4 is 0 Å². The number of fused-ring (bicyclic) bond motifs is 1. The highest BCUT2D eigenvalue weighted by atomic mass is 35.5. The average molecular weight is 379 g/mol. The molecule has 0 saturated heterocycles. The van der Waals surface area contributed by atoms with E-state index in [0.29, 0.717) is 11.0 Å². The Balaban J connectivity index is 2.21. The van der Waals surface area contributed by atoms with Gasteiger partial charge in [-0.1, -0.05) is 23.7 Å². The van der Waals surface area contributed by atoms with E-state index < -0.39 is 11.7 Å². The molecule has 0 aliphatic rings. The van der Waals surface area contributed by atoms with Crippen molar-refractivity contribution in [3.05, 3.63) is 52.3 Å². The van der Waals surface area contributed by atoms with Crippen LogP contribution in [0, 0.1) is 0 Å². The van der Waals surface area contributed by atoms with Crippen LogP contribution in [0.15, 0.2) is 30.5 Å². The monoisotopic (exact) mass is 378 g/mol. The molecule has 0 fully saturated rings. The van der Waals surface area contributed by atoms with Gasteiger partial charge in [-0.3, -0.25) is 0 Å². The summed E-state index contributed by atoms with van der Waals surface area (Å²) in [4.78, 5) is 27.2. The molecule has 2 aromatic heterocycles. The summed E-state index contributed by atoms with van der Waals surface area (Å²) in [6.45, 7) is 1.78. The number of aliphatic hydroxyl groups is 1. The molecule has 0 spiro atoms. The van der Waals surface area contributed by atoms with E-state index in [4.69, 9.17) is 27.9 Å². The molecule has 0 aliphatic carbocycles. The van der Waals surface area contributed by atoms with Crippen LogP contribution in [0.5, 0.6) is 0 Å². The van der Waals surface area contributed by atoms with Crippen LogP contribution in [0.25, 0.3) is 22.4 Å². The van der Waals surface area contributed by atoms with Gasteiger partial charge < -0.3 is 14.8 Å². The zero-order chi connectivity index (χ0) is 18.0. The third-order valence-electron chi connectivity index (χ3n) is 3.31. The third kappa shape index (κ3) is 3.42. The maximum atomic E-state index is 12.4. The van der Waals surface area contributed by atoms with Gasteiger partial charge in [0.1, 0.15) is 22.3 Å². The van der Waals surface area contributed by atoms with Gasteiger partial charge in [0.05, 0.1) is 23.2 Å². The van der Waals surface area contributed by atoms with E-state index in [1.54, 1.807) is 19.1 Å². The molecule has 128 valence electrons. The van der Waals surface area contributed by atoms with Crippen LogP contribution in [0.3, 0.4) is 0 Å². The van der Waals surface area contributed by atoms with Crippen molar-refractivity contribution in [3.63, 3.8) is 0 Å². The molecule has 0 bridgehead atoms. The number of rotatable bonds is 4. The lowest BCUT2D eigenvalue weighted by atomic mass is 10.1. The van der Waals surface area contributed by atoms with Crippen molar-refractivity contribution in [2.45, 2.75) is 6.92 Å². The molecular weight excluding hydrogens is 367 g/mol. The second kappa shape index (κ2) is 7.08. The molecule has 0 amide bonds. The summed E-state index contributed by atoms with van der Waals surface area (Å²) in [5, 5.41) is 10.5. The average Bonchev–Trinajstić information content (AvgIpc) is 2.98. The molecule has 25 heavy (non-hydrogen) atoms. The lowest BCUT2D eigenvalue weighted by molar-refractivity contribution is -0.136. The predicted molar refractivity (Wildman–Crippen MR) is 94.2 cm³/mol. The fraction of sp³-hybridized carbons (Fsp3) is 0.125. The van der Waals surface area contributed by atoms with Crippen LogP contribution in [0.1, 0.15) is 18.3 Å². The maximum Gasteiger partial charge on any atom is 0.345 e. The number of nitrogens with zero attached hydrogens (tertiary/aromatic N) is 3. The normalized spacial score (nSPS) is 12.1. The van der Waals surface area contributed by atoms with Crippen molar-refractivity contribution in [2.75, 3.05) is 6.61 Å². The number of para-hydroxylation sites is 2. The molecule has 0 aliphatic heterocycles. The van der Waals surface area contributed by atoms with Gasteiger partial charge in [0, 0.05) is 6.20 Å². The van der Waals surface area contributed by atoms with E-state index in [0.717, 1.165) is 0 Å². The summed E-state index contributed by atoms with van der Waals surface area (Å²) < 4.78 is 5.03. The Labute approximate surface area is 152 Å². The number of H-pyrrole nitrogens is 1. The molecule has 0 atom stereocenters. The smallest absolute Gasteiger partial charge is 0.345 e. The van der Waals surface area contributed by atoms with Crippen molar-refractivity contribution in [2.24, 2.45) is 0 Å². The number of hydrogen-bond acceptors (Lipinski definition) is 6. The van der Waals surface area contributed by atoms with Gasteiger partial charge in [-0.15, -0.1) is 0 Å². The van der Waals surface area contributed by atoms with Gasteiger partial charge in [-0.2, -0.15) is 0 Å². The summed E-state index contributed by atoms with van der Waals surface area (Å²) in [6.07, 6.45) is 1.22. The topological polar surface area (TPSA) is 101 Å². The Morgan fingerprint density at radius 3 is 2.72 bits per heavy atom. The first-order valence-electron chi connectivity index (χ1n) is 7.25. The maximum absolute atomic E-state index is 12.4. The van der Waals surface area contributed by atoms with Crippen LogP contribution in [0.4, 0.5) is 0 Å². The minimum Gasteiger partial charge on any atom is -0.506 e. The van der Waals surface area contributed by atoms with Gasteiger partial charge in [0.25, 0.3) is 0 Å². The Morgan fingerprint density at radius 2 is 2.04 bits per heavy atom. The first-order chi connectivity index (χ1) is 12.0. The lowest BCUT2D eigenvalue weighted by Gasteiger charge is -2.09. The Hall–Kier alpha value is -2.64. The van der Waals surface area contributed by atoms with Crippen molar-refractivity contribution in [1.29, 1.82) is 0 Å². The van der Waals surface area contributed by atoms with E-state index in [-0.39, 0.29) is 34.0 Å². The summed E-state index contributed by atoms with van der Waals surface area (Å²) >= 11 is 11.7. The second-order valence-electron chi connectivity index (χ2n) is 4.89. The zero-order valence-electron chi connectivity index (χ0n) is 13.0. The molecule has 3 rings (SSSR count). The van der Waals surface area contributed by atoms with Crippen LogP contribution in [-0.2, 0) is 9.53 Å². The summed E-state index contributed by atoms with van der Waals surface area (Å²) in [7, 11) is 0. The number of halogens is 2. The van der Waals surface area contributed by atoms with E-state index in [1.807, 2.05) is 12.1 Å². The van der Waals surface area contributed by atoms with Gasteiger partial charge >= 0.3 is 5.97 Å². The number of aromatic nitrogens is 4. The molecule has 0 radical (unpaired) electrons. The summed E-state index contributed by atoms with van der Waals surface area (Å²) in [5.74, 6) is -1.08. The van der Waals surface area contributed by atoms with Crippen LogP contribution in [-0.4, -0.2) is 37.6 Å². The number of imidazole rings is 1. The minimum atomic E-state index is -0.759. The Morgan fingerprint density at radius 1 is 1.28 bits per heavy atom. The summed E-state index contributed by atoms with van der Waals surface area (Å²) in [6, 6.07) is 7.20. The van der Waals surface area contributed by atoms with E-state index in [9.17, 15) is 9.90 Å². The Bertz CT molecular complexity index is 951. The highest BCUT2D eigenvalue weighted by Gasteiger charge is 2.25. The lowest BCUT2D eigenvalue weighted by Crippen LogP contribution is -2.11. The number of carbonyl (C=O) groups is 1. The number of ether oxygens (including phenoxy) is 1. The number of nitrogens with one attached hydrogen (secondary N) is 1. The molecule has 3 aromatic rings. The quantitative estimate of drug-likeness (QED) is 0.236. The number of hydrogen-bond donors (Lipinski definition) is 2. The number of esters is 1. The van der Waals surface area contributed by atoms with Crippen molar-refractivity contribution < 1.29 is 14.6 Å². The molecule has 1 aromatic carbocycles. The first-order valence-corrected chi connectivity index (χ1v) is 8.00. The fourth-order valence-corrected chi connectivity index (χ4v) is 2.61. The van der Waals surface area contributed by atoms with Crippen molar-refractivity contribution in [1.82, 2.24) is 19.9 Å². The number of benzene rings is 1. The number of aromatic amines is 1. The van der Waals surface area contributed by atoms with E-state index in [2.05, 4.69) is 19.9 Å². The minimum absolute atomic E-state index is 0.0366. The highest BCUT2D eigenvalue weighted by molar-refractivity contribution is 6.34. The zero-order valence-corrected chi connectivity index (χ0v) is 14.5. The summed E-state index contributed by atoms with van der Waals surface area (Å²) in [5.41, 5.74) is 1.19. The SMILES string of the molecule is CCOC(=O)/C(=C(\O)c1cnc(Cl)nc1Cl)c1nc2ccccc2[nH]1. The second-order valence-corrected chi connectivity index (χ2v) is 5.59. The third-order valence-corrected chi connectivity index (χ3v) is 3.78. The largest absolute Gasteiger partial charge is 0.506 e. The van der Waals surface area contributed by atoms with Crippen LogP contribution in [0.2, 0.25) is 10.4 Å². The predicted octanol–water partition coefficient (Wildman–Crippen LogP) is 3.65. The van der Waals surface area contributed by atoms with E-state index >= 15 is 0 Å². The standard InChI is InChI=1S/C16H12Cl2N4O3/c1-2-25-15(24)11(12(23)8-7-19-16(18)22-13(8)17)14-20-9-5-3-4-6-10(9)21-14/h3-7,23H,2H2,1H3,(H,20,21)/b12-11-. The molecule has 0 unspecified atom stereocenters. The van der Waals surface area contributed by atoms with Gasteiger partial charge in [0.15, 0.2) is 0 Å². The van der Waals surface area contributed by atoms with Crippen LogP contribution >= 0.6 is 23.2 Å². The number of aliphatic hydroxyl groups excluding tert-OH is 1. The Kier molecular flexibility index (Phi) is 4.87. The number of carbonyl (C=O) groups excluding carboxylic acids is 1. The molecule has 2 heterocycles. The highest BCUT2D eigenvalue weighted by Crippen LogP contribution is 2.29. The van der Waals surface area contributed by atoms with Crippen molar-refractivity contribution >= 4 is 51.5 Å². The van der Waals surface area contributed by atoms with E-state index in [1.165, 1.54) is 6.20 Å². The van der Waals surface area contributed by atoms with Gasteiger partial charge in [-0.05, 0) is 30.7 Å². The van der Waals surface area contributed by atoms with Gasteiger partial charge in [-0.25, -0.2) is 19.7 Å². The molecule has 0 saturated carbocycles. The molecular formula is C16H12Cl2N4O3. The molecule has 7 nitrogen and oxygen atoms in total. The van der Waals surface area contributed by atoms with Crippen molar-refractivity contribution in [3.8, 4) is 0 Å². The first kappa shape index (κ1) is 17.2. The fourth-order valence-electron chi connectivity index (χ4n) is 2.21. The van der Waals surface area contributed by atoms with Gasteiger partial charge in [0.2, 0.25) is 5.28 Å². The molecule has 9 heteroatoms. The molecule has 2 N–H and O–H groups in total.